The third-order valence-electron chi connectivity index (χ3n) is 2.93. The molecule has 1 fully saturated rings. The van der Waals surface area contributed by atoms with Crippen molar-refractivity contribution in [3.05, 3.63) is 0 Å². The Balaban J connectivity index is 2.34. The molecule has 0 aromatic heterocycles. The number of hydrogen-bond acceptors (Lipinski definition) is 3. The van der Waals surface area contributed by atoms with Crippen molar-refractivity contribution in [2.24, 2.45) is 11.3 Å². The van der Waals surface area contributed by atoms with Crippen LogP contribution in [-0.4, -0.2) is 37.2 Å². The highest BCUT2D eigenvalue weighted by molar-refractivity contribution is 9.09. The van der Waals surface area contributed by atoms with Gasteiger partial charge in [-0.1, -0.05) is 36.7 Å². The maximum atomic E-state index is 11.8. The van der Waals surface area contributed by atoms with Crippen molar-refractivity contribution in [3.8, 4) is 0 Å². The molecule has 2 atom stereocenters. The van der Waals surface area contributed by atoms with Crippen molar-refractivity contribution in [1.82, 2.24) is 5.32 Å². The second-order valence-electron chi connectivity index (χ2n) is 6.21. The van der Waals surface area contributed by atoms with Crippen LogP contribution in [0.5, 0.6) is 0 Å². The van der Waals surface area contributed by atoms with Crippen LogP contribution in [0.15, 0.2) is 0 Å². The average Bonchev–Trinajstić information content (AvgIpc) is 2.52. The molecule has 1 aliphatic rings. The lowest BCUT2D eigenvalue weighted by molar-refractivity contribution is -0.124. The van der Waals surface area contributed by atoms with Gasteiger partial charge in [-0.2, -0.15) is 0 Å². The summed E-state index contributed by atoms with van der Waals surface area (Å²) >= 11 is 3.54. The zero-order chi connectivity index (χ0) is 14.0. The Morgan fingerprint density at radius 1 is 1.44 bits per heavy atom. The van der Waals surface area contributed by atoms with Crippen LogP contribution in [0.2, 0.25) is 0 Å². The van der Waals surface area contributed by atoms with Gasteiger partial charge in [0.25, 0.3) is 0 Å². The van der Waals surface area contributed by atoms with E-state index in [-0.39, 0.29) is 33.6 Å². The predicted molar refractivity (Wildman–Crippen MR) is 76.6 cm³/mol. The van der Waals surface area contributed by atoms with E-state index in [0.29, 0.717) is 13.0 Å². The van der Waals surface area contributed by atoms with Crippen molar-refractivity contribution in [3.63, 3.8) is 0 Å². The molecule has 0 radical (unpaired) electrons. The molecule has 0 spiro atoms. The molecule has 1 N–H and O–H groups in total. The van der Waals surface area contributed by atoms with E-state index in [2.05, 4.69) is 42.0 Å². The third-order valence-corrected chi connectivity index (χ3v) is 5.35. The highest BCUT2D eigenvalue weighted by Crippen LogP contribution is 2.24. The molecule has 0 bridgehead atoms. The van der Waals surface area contributed by atoms with Gasteiger partial charge in [-0.15, -0.1) is 0 Å². The molecule has 1 heterocycles. The number of carbonyl (C=O) groups excluding carboxylic acids is 1. The van der Waals surface area contributed by atoms with E-state index >= 15 is 0 Å². The number of carbonyl (C=O) groups is 1. The summed E-state index contributed by atoms with van der Waals surface area (Å²) in [4.78, 5) is 12.0. The standard InChI is InChI=1S/C12H22BrNO3S/c1-12(2,3)6-10(13)7-14-11(15)9-4-5-18(16,17)8-9/h9-10H,4-8H2,1-3H3,(H,14,15). The molecule has 0 saturated carbocycles. The van der Waals surface area contributed by atoms with Gasteiger partial charge in [0, 0.05) is 11.4 Å². The monoisotopic (exact) mass is 339 g/mol. The van der Waals surface area contributed by atoms with Crippen LogP contribution < -0.4 is 5.32 Å². The quantitative estimate of drug-likeness (QED) is 0.793. The Bertz CT molecular complexity index is 400. The second-order valence-corrected chi connectivity index (χ2v) is 9.73. The summed E-state index contributed by atoms with van der Waals surface area (Å²) < 4.78 is 22.6. The van der Waals surface area contributed by atoms with Gasteiger partial charge < -0.3 is 5.32 Å². The van der Waals surface area contributed by atoms with Crippen LogP contribution in [0, 0.1) is 11.3 Å². The first kappa shape index (κ1) is 16.0. The summed E-state index contributed by atoms with van der Waals surface area (Å²) in [5.74, 6) is -0.339. The molecule has 106 valence electrons. The Morgan fingerprint density at radius 3 is 2.50 bits per heavy atom. The van der Waals surface area contributed by atoms with Crippen LogP contribution >= 0.6 is 15.9 Å². The summed E-state index contributed by atoms with van der Waals surface area (Å²) in [5.41, 5.74) is 0.204. The van der Waals surface area contributed by atoms with Gasteiger partial charge in [0.05, 0.1) is 17.4 Å². The van der Waals surface area contributed by atoms with Gasteiger partial charge in [-0.3, -0.25) is 4.79 Å². The minimum absolute atomic E-state index is 0.00502. The number of halogens is 1. The Morgan fingerprint density at radius 2 is 2.06 bits per heavy atom. The van der Waals surface area contributed by atoms with E-state index in [9.17, 15) is 13.2 Å². The third kappa shape index (κ3) is 5.69. The summed E-state index contributed by atoms with van der Waals surface area (Å²) in [6.45, 7) is 6.98. The van der Waals surface area contributed by atoms with Crippen molar-refractivity contribution >= 4 is 31.7 Å². The van der Waals surface area contributed by atoms with E-state index in [0.717, 1.165) is 6.42 Å². The first-order valence-corrected chi connectivity index (χ1v) is 8.95. The van der Waals surface area contributed by atoms with Gasteiger partial charge >= 0.3 is 0 Å². The molecule has 4 nitrogen and oxygen atoms in total. The molecule has 1 amide bonds. The molecule has 1 rings (SSSR count). The number of alkyl halides is 1. The predicted octanol–water partition coefficient (Wildman–Crippen LogP) is 1.74. The van der Waals surface area contributed by atoms with Crippen LogP contribution in [0.1, 0.15) is 33.6 Å². The number of amides is 1. The summed E-state index contributed by atoms with van der Waals surface area (Å²) in [7, 11) is -2.98. The van der Waals surface area contributed by atoms with E-state index in [4.69, 9.17) is 0 Å². The molecule has 2 unspecified atom stereocenters. The molecule has 6 heteroatoms. The maximum absolute atomic E-state index is 11.8. The summed E-state index contributed by atoms with van der Waals surface area (Å²) in [5, 5.41) is 2.83. The first-order valence-electron chi connectivity index (χ1n) is 6.21. The SMILES string of the molecule is CC(C)(C)CC(Br)CNC(=O)C1CCS(=O)(=O)C1. The van der Waals surface area contributed by atoms with Gasteiger partial charge in [-0.05, 0) is 18.3 Å². The van der Waals surface area contributed by atoms with Gasteiger partial charge in [0.15, 0.2) is 9.84 Å². The Labute approximate surface area is 118 Å². The smallest absolute Gasteiger partial charge is 0.224 e. The lowest BCUT2D eigenvalue weighted by atomic mass is 9.90. The molecule has 0 aliphatic carbocycles. The maximum Gasteiger partial charge on any atom is 0.224 e. The number of nitrogens with one attached hydrogen (secondary N) is 1. The molecular weight excluding hydrogens is 318 g/mol. The highest BCUT2D eigenvalue weighted by Gasteiger charge is 2.33. The van der Waals surface area contributed by atoms with Crippen molar-refractivity contribution in [2.45, 2.75) is 38.4 Å². The molecule has 1 aliphatic heterocycles. The van der Waals surface area contributed by atoms with Crippen molar-refractivity contribution in [1.29, 1.82) is 0 Å². The Kier molecular flexibility index (Phi) is 5.23. The van der Waals surface area contributed by atoms with E-state index in [1.807, 2.05) is 0 Å². The Hall–Kier alpha value is -0.100. The molecule has 0 aromatic carbocycles. The van der Waals surface area contributed by atoms with E-state index in [1.165, 1.54) is 0 Å². The van der Waals surface area contributed by atoms with Crippen LogP contribution in [0.3, 0.4) is 0 Å². The fourth-order valence-corrected chi connectivity index (χ4v) is 4.97. The van der Waals surface area contributed by atoms with Crippen molar-refractivity contribution < 1.29 is 13.2 Å². The fourth-order valence-electron chi connectivity index (χ4n) is 2.09. The van der Waals surface area contributed by atoms with Crippen molar-refractivity contribution in [2.75, 3.05) is 18.1 Å². The minimum Gasteiger partial charge on any atom is -0.355 e. The largest absolute Gasteiger partial charge is 0.355 e. The minimum atomic E-state index is -2.98. The lowest BCUT2D eigenvalue weighted by Crippen LogP contribution is -2.36. The number of hydrogen-bond donors (Lipinski definition) is 1. The molecule has 18 heavy (non-hydrogen) atoms. The second kappa shape index (κ2) is 5.90. The first-order chi connectivity index (χ1) is 8.09. The lowest BCUT2D eigenvalue weighted by Gasteiger charge is -2.22. The highest BCUT2D eigenvalue weighted by atomic mass is 79.9. The van der Waals surface area contributed by atoms with E-state index in [1.54, 1.807) is 0 Å². The summed E-state index contributed by atoms with van der Waals surface area (Å²) in [6.07, 6.45) is 1.41. The van der Waals surface area contributed by atoms with Gasteiger partial charge in [-0.25, -0.2) is 8.42 Å². The molecule has 1 saturated heterocycles. The fraction of sp³-hybridized carbons (Fsp3) is 0.917. The normalized spacial score (nSPS) is 24.8. The van der Waals surface area contributed by atoms with Crippen LogP contribution in [0.4, 0.5) is 0 Å². The van der Waals surface area contributed by atoms with E-state index < -0.39 is 9.84 Å². The number of rotatable bonds is 4. The number of sulfone groups is 1. The molecule has 0 aromatic rings. The zero-order valence-corrected chi connectivity index (χ0v) is 13.6. The van der Waals surface area contributed by atoms with Crippen LogP contribution in [0.25, 0.3) is 0 Å². The summed E-state index contributed by atoms with van der Waals surface area (Å²) in [6, 6.07) is 0. The van der Waals surface area contributed by atoms with Gasteiger partial charge in [0.1, 0.15) is 0 Å². The zero-order valence-electron chi connectivity index (χ0n) is 11.2. The van der Waals surface area contributed by atoms with Crippen LogP contribution in [-0.2, 0) is 14.6 Å². The van der Waals surface area contributed by atoms with Gasteiger partial charge in [0.2, 0.25) is 5.91 Å². The average molecular weight is 340 g/mol. The topological polar surface area (TPSA) is 63.2 Å². The molecular formula is C12H22BrNO3S.